The van der Waals surface area contributed by atoms with Gasteiger partial charge in [-0.15, -0.1) is 10.2 Å². The first-order valence-corrected chi connectivity index (χ1v) is 10.9. The number of nitrogens with zero attached hydrogens (tertiary/aromatic N) is 6. The zero-order valence-electron chi connectivity index (χ0n) is 17.8. The SMILES string of the molecule is Nc1nnc(-c2ccccc2O)cc1N1CCCN(c2ccnc(C#CC3CC3)n2)CC1. The monoisotopic (exact) mass is 427 g/mol. The predicted molar refractivity (Wildman–Crippen MR) is 124 cm³/mol. The van der Waals surface area contributed by atoms with Crippen molar-refractivity contribution in [2.24, 2.45) is 5.92 Å². The fraction of sp³-hybridized carbons (Fsp3) is 0.333. The van der Waals surface area contributed by atoms with E-state index in [9.17, 15) is 5.11 Å². The fourth-order valence-corrected chi connectivity index (χ4v) is 3.83. The summed E-state index contributed by atoms with van der Waals surface area (Å²) in [5, 5.41) is 18.5. The van der Waals surface area contributed by atoms with Crippen LogP contribution in [0.3, 0.4) is 0 Å². The molecule has 3 aromatic rings. The van der Waals surface area contributed by atoms with Crippen LogP contribution in [0.5, 0.6) is 5.75 Å². The van der Waals surface area contributed by atoms with Crippen molar-refractivity contribution in [3.8, 4) is 28.8 Å². The van der Waals surface area contributed by atoms with Crippen LogP contribution in [-0.2, 0) is 0 Å². The van der Waals surface area contributed by atoms with Gasteiger partial charge in [0.2, 0.25) is 5.82 Å². The Balaban J connectivity index is 1.34. The van der Waals surface area contributed by atoms with E-state index in [4.69, 9.17) is 5.73 Å². The van der Waals surface area contributed by atoms with Gasteiger partial charge in [0.1, 0.15) is 11.6 Å². The molecule has 1 aromatic carbocycles. The molecule has 32 heavy (non-hydrogen) atoms. The lowest BCUT2D eigenvalue weighted by atomic mass is 10.1. The van der Waals surface area contributed by atoms with Crippen LogP contribution in [0, 0.1) is 17.8 Å². The van der Waals surface area contributed by atoms with E-state index in [0.717, 1.165) is 44.1 Å². The van der Waals surface area contributed by atoms with Gasteiger partial charge in [0, 0.05) is 43.9 Å². The molecule has 2 aromatic heterocycles. The summed E-state index contributed by atoms with van der Waals surface area (Å²) in [4.78, 5) is 13.5. The van der Waals surface area contributed by atoms with E-state index in [1.54, 1.807) is 18.3 Å². The minimum absolute atomic E-state index is 0.170. The molecule has 1 aliphatic heterocycles. The first kappa shape index (κ1) is 20.1. The van der Waals surface area contributed by atoms with Crippen molar-refractivity contribution < 1.29 is 5.11 Å². The van der Waals surface area contributed by atoms with E-state index in [0.29, 0.717) is 28.8 Å². The van der Waals surface area contributed by atoms with Crippen LogP contribution >= 0.6 is 0 Å². The Labute approximate surface area is 187 Å². The topological polar surface area (TPSA) is 104 Å². The van der Waals surface area contributed by atoms with Crippen LogP contribution in [0.4, 0.5) is 17.3 Å². The summed E-state index contributed by atoms with van der Waals surface area (Å²) >= 11 is 0. The lowest BCUT2D eigenvalue weighted by molar-refractivity contribution is 0.477. The zero-order chi connectivity index (χ0) is 21.9. The number of aromatic nitrogens is 4. The Morgan fingerprint density at radius 3 is 2.66 bits per heavy atom. The standard InChI is InChI=1S/C24H25N7O/c25-24-20(16-19(28-29-24)18-4-1-2-5-21(18)32)30-12-3-13-31(15-14-30)23-10-11-26-22(27-23)9-8-17-6-7-17/h1-2,4-5,10-11,16-17,32H,3,6-7,12-15H2,(H2,25,29). The molecule has 3 N–H and O–H groups in total. The number of hydrogen-bond acceptors (Lipinski definition) is 8. The summed E-state index contributed by atoms with van der Waals surface area (Å²) in [5.41, 5.74) is 8.26. The van der Waals surface area contributed by atoms with Gasteiger partial charge >= 0.3 is 0 Å². The van der Waals surface area contributed by atoms with Crippen molar-refractivity contribution >= 4 is 17.3 Å². The quantitative estimate of drug-likeness (QED) is 0.615. The van der Waals surface area contributed by atoms with Crippen molar-refractivity contribution in [3.63, 3.8) is 0 Å². The van der Waals surface area contributed by atoms with Crippen LogP contribution in [0.25, 0.3) is 11.3 Å². The molecule has 0 amide bonds. The number of phenolic OH excluding ortho intramolecular Hbond substituents is 1. The van der Waals surface area contributed by atoms with Gasteiger partial charge < -0.3 is 20.6 Å². The van der Waals surface area contributed by atoms with E-state index in [-0.39, 0.29) is 5.75 Å². The Kier molecular flexibility index (Phi) is 5.46. The molecule has 8 nitrogen and oxygen atoms in total. The second kappa shape index (κ2) is 8.71. The molecule has 0 bridgehead atoms. The van der Waals surface area contributed by atoms with Crippen molar-refractivity contribution in [1.29, 1.82) is 0 Å². The third-order valence-corrected chi connectivity index (χ3v) is 5.75. The summed E-state index contributed by atoms with van der Waals surface area (Å²) in [6.45, 7) is 3.28. The summed E-state index contributed by atoms with van der Waals surface area (Å²) in [6.07, 6.45) is 5.10. The molecule has 0 atom stereocenters. The summed E-state index contributed by atoms with van der Waals surface area (Å²) < 4.78 is 0. The van der Waals surface area contributed by atoms with Crippen LogP contribution in [0.1, 0.15) is 25.1 Å². The number of anilines is 3. The molecule has 1 saturated heterocycles. The van der Waals surface area contributed by atoms with E-state index in [1.807, 2.05) is 24.3 Å². The maximum atomic E-state index is 10.2. The number of nitrogen functional groups attached to an aromatic ring is 1. The number of hydrogen-bond donors (Lipinski definition) is 2. The molecule has 8 heteroatoms. The van der Waals surface area contributed by atoms with Crippen LogP contribution in [0.2, 0.25) is 0 Å². The molecule has 0 radical (unpaired) electrons. The third-order valence-electron chi connectivity index (χ3n) is 5.75. The van der Waals surface area contributed by atoms with E-state index >= 15 is 0 Å². The van der Waals surface area contributed by atoms with Gasteiger partial charge in [-0.2, -0.15) is 0 Å². The smallest absolute Gasteiger partial charge is 0.206 e. The number of aromatic hydroxyl groups is 1. The summed E-state index contributed by atoms with van der Waals surface area (Å²) in [7, 11) is 0. The number of phenols is 1. The largest absolute Gasteiger partial charge is 0.507 e. The Hall–Kier alpha value is -3.86. The van der Waals surface area contributed by atoms with Gasteiger partial charge in [0.25, 0.3) is 0 Å². The fourth-order valence-electron chi connectivity index (χ4n) is 3.83. The van der Waals surface area contributed by atoms with Gasteiger partial charge in [-0.05, 0) is 49.4 Å². The number of rotatable bonds is 3. The Bertz CT molecular complexity index is 1180. The van der Waals surface area contributed by atoms with Crippen molar-refractivity contribution in [2.45, 2.75) is 19.3 Å². The van der Waals surface area contributed by atoms with Gasteiger partial charge in [-0.1, -0.05) is 18.1 Å². The van der Waals surface area contributed by atoms with E-state index in [1.165, 1.54) is 12.8 Å². The molecule has 162 valence electrons. The van der Waals surface area contributed by atoms with E-state index < -0.39 is 0 Å². The van der Waals surface area contributed by atoms with Crippen LogP contribution in [0.15, 0.2) is 42.6 Å². The molecule has 5 rings (SSSR count). The molecule has 2 fully saturated rings. The molecular formula is C24H25N7O. The first-order valence-electron chi connectivity index (χ1n) is 10.9. The highest BCUT2D eigenvalue weighted by molar-refractivity contribution is 5.74. The third kappa shape index (κ3) is 4.42. The zero-order valence-corrected chi connectivity index (χ0v) is 17.8. The number of benzene rings is 1. The second-order valence-electron chi connectivity index (χ2n) is 8.13. The molecule has 2 aliphatic rings. The summed E-state index contributed by atoms with van der Waals surface area (Å²) in [5.74, 6) is 8.90. The summed E-state index contributed by atoms with van der Waals surface area (Å²) in [6, 6.07) is 11.0. The highest BCUT2D eigenvalue weighted by Crippen LogP contribution is 2.32. The maximum absolute atomic E-state index is 10.2. The maximum Gasteiger partial charge on any atom is 0.206 e. The van der Waals surface area contributed by atoms with Crippen molar-refractivity contribution in [1.82, 2.24) is 20.2 Å². The average Bonchev–Trinajstić information content (AvgIpc) is 3.66. The molecule has 3 heterocycles. The van der Waals surface area contributed by atoms with Crippen LogP contribution in [-0.4, -0.2) is 51.5 Å². The number of para-hydroxylation sites is 1. The number of nitrogens with two attached hydrogens (primary N) is 1. The lowest BCUT2D eigenvalue weighted by Crippen LogP contribution is -2.31. The Morgan fingerprint density at radius 1 is 1.00 bits per heavy atom. The lowest BCUT2D eigenvalue weighted by Gasteiger charge is -2.25. The predicted octanol–water partition coefficient (Wildman–Crippen LogP) is 2.70. The molecular weight excluding hydrogens is 402 g/mol. The van der Waals surface area contributed by atoms with Gasteiger partial charge in [-0.25, -0.2) is 9.97 Å². The normalized spacial score (nSPS) is 16.2. The minimum atomic E-state index is 0.170. The highest BCUT2D eigenvalue weighted by Gasteiger charge is 2.21. The van der Waals surface area contributed by atoms with Crippen LogP contribution < -0.4 is 15.5 Å². The minimum Gasteiger partial charge on any atom is -0.507 e. The van der Waals surface area contributed by atoms with Gasteiger partial charge in [-0.3, -0.25) is 0 Å². The van der Waals surface area contributed by atoms with Gasteiger partial charge in [0.15, 0.2) is 5.82 Å². The Morgan fingerprint density at radius 2 is 1.81 bits per heavy atom. The molecule has 1 aliphatic carbocycles. The first-order chi connectivity index (χ1) is 15.7. The molecule has 1 saturated carbocycles. The second-order valence-corrected chi connectivity index (χ2v) is 8.13. The molecule has 0 unspecified atom stereocenters. The highest BCUT2D eigenvalue weighted by atomic mass is 16.3. The van der Waals surface area contributed by atoms with Crippen molar-refractivity contribution in [3.05, 3.63) is 48.4 Å². The van der Waals surface area contributed by atoms with Gasteiger partial charge in [0.05, 0.1) is 11.4 Å². The van der Waals surface area contributed by atoms with Crippen molar-refractivity contribution in [2.75, 3.05) is 41.7 Å². The average molecular weight is 428 g/mol. The van der Waals surface area contributed by atoms with E-state index in [2.05, 4.69) is 41.8 Å². The molecule has 0 spiro atoms.